The lowest BCUT2D eigenvalue weighted by Crippen LogP contribution is -2.24. The molecular formula is C26H22N4O4. The summed E-state index contributed by atoms with van der Waals surface area (Å²) in [5.74, 6) is 2.61. The summed E-state index contributed by atoms with van der Waals surface area (Å²) in [6, 6.07) is 13.3. The van der Waals surface area contributed by atoms with Gasteiger partial charge in [-0.1, -0.05) is 6.07 Å². The number of urea groups is 1. The normalized spacial score (nSPS) is 20.9. The number of amides is 3. The second-order valence-electron chi connectivity index (χ2n) is 9.11. The van der Waals surface area contributed by atoms with Crippen LogP contribution in [0.5, 0.6) is 17.2 Å². The van der Waals surface area contributed by atoms with E-state index in [1.54, 1.807) is 17.2 Å². The number of nitrogens with zero attached hydrogens (tertiary/aromatic N) is 2. The van der Waals surface area contributed by atoms with Crippen LogP contribution in [0.4, 0.5) is 16.3 Å². The molecule has 34 heavy (non-hydrogen) atoms. The van der Waals surface area contributed by atoms with Gasteiger partial charge in [0, 0.05) is 29.4 Å². The summed E-state index contributed by atoms with van der Waals surface area (Å²) in [6.07, 6.45) is 5.69. The molecule has 0 spiro atoms. The minimum Gasteiger partial charge on any atom is -0.467 e. The number of pyridine rings is 1. The van der Waals surface area contributed by atoms with Crippen molar-refractivity contribution in [2.75, 3.05) is 10.6 Å². The number of hydrogen-bond acceptors (Lipinski definition) is 5. The van der Waals surface area contributed by atoms with Gasteiger partial charge in [-0.2, -0.15) is 0 Å². The zero-order valence-corrected chi connectivity index (χ0v) is 18.3. The fraction of sp³-hybridized carbons (Fsp3) is 0.269. The van der Waals surface area contributed by atoms with Crippen LogP contribution in [0.25, 0.3) is 0 Å². The maximum atomic E-state index is 12.9. The van der Waals surface area contributed by atoms with Gasteiger partial charge in [0.05, 0.1) is 0 Å². The van der Waals surface area contributed by atoms with Crippen LogP contribution in [-0.2, 0) is 24.1 Å². The molecule has 3 aliphatic heterocycles. The Labute approximate surface area is 195 Å². The van der Waals surface area contributed by atoms with E-state index in [9.17, 15) is 9.59 Å². The van der Waals surface area contributed by atoms with Crippen LogP contribution in [0.3, 0.4) is 0 Å². The Balaban J connectivity index is 1.09. The molecule has 1 aliphatic carbocycles. The first kappa shape index (κ1) is 19.4. The first-order chi connectivity index (χ1) is 16.6. The van der Waals surface area contributed by atoms with E-state index in [0.29, 0.717) is 30.2 Å². The Hall–Kier alpha value is -4.07. The third-order valence-electron chi connectivity index (χ3n) is 6.99. The number of carbonyl (C=O) groups excluding carboxylic acids is 2. The number of ether oxygens (including phenoxy) is 2. The van der Waals surface area contributed by atoms with Gasteiger partial charge in [0.15, 0.2) is 0 Å². The molecule has 3 aromatic rings. The van der Waals surface area contributed by atoms with Gasteiger partial charge >= 0.3 is 6.03 Å². The van der Waals surface area contributed by atoms with Crippen LogP contribution in [0, 0.1) is 0 Å². The molecule has 2 N–H and O–H groups in total. The van der Waals surface area contributed by atoms with Crippen molar-refractivity contribution in [1.82, 2.24) is 9.88 Å². The van der Waals surface area contributed by atoms with Crippen molar-refractivity contribution in [3.05, 3.63) is 70.9 Å². The van der Waals surface area contributed by atoms with Gasteiger partial charge in [0.2, 0.25) is 12.1 Å². The van der Waals surface area contributed by atoms with E-state index in [4.69, 9.17) is 9.47 Å². The van der Waals surface area contributed by atoms with E-state index in [1.165, 1.54) is 17.5 Å². The molecule has 7 rings (SSSR count). The first-order valence-corrected chi connectivity index (χ1v) is 11.6. The SMILES string of the molecule is O=C1CCc2c(Oc3ccc4c(c3)C3C(O4)N3C(=O)Nc3ccc4c(c3)CCC4)ccnc2N1. The second-order valence-corrected chi connectivity index (χ2v) is 9.11. The molecule has 1 fully saturated rings. The monoisotopic (exact) mass is 454 g/mol. The zero-order valence-electron chi connectivity index (χ0n) is 18.3. The number of anilines is 2. The summed E-state index contributed by atoms with van der Waals surface area (Å²) in [7, 11) is 0. The third kappa shape index (κ3) is 3.09. The van der Waals surface area contributed by atoms with Gasteiger partial charge in [0.25, 0.3) is 0 Å². The van der Waals surface area contributed by atoms with Crippen LogP contribution >= 0.6 is 0 Å². The standard InChI is InChI=1S/C26H22N4O4/c31-22-9-7-18-21(10-11-27-24(18)29-22)33-17-6-8-20-19(13-17)23-25(34-20)30(23)26(32)28-16-5-4-14-2-1-3-15(14)12-16/h4-6,8,10-13,23,25H,1-3,7,9H2,(H,28,32)(H,27,29,31). The Morgan fingerprint density at radius 3 is 2.94 bits per heavy atom. The van der Waals surface area contributed by atoms with Crippen LogP contribution in [0.2, 0.25) is 0 Å². The number of fused-ring (bicyclic) bond motifs is 5. The Morgan fingerprint density at radius 2 is 2.00 bits per heavy atom. The average molecular weight is 454 g/mol. The number of hydrogen-bond donors (Lipinski definition) is 2. The van der Waals surface area contributed by atoms with Crippen molar-refractivity contribution in [3.8, 4) is 17.2 Å². The minimum atomic E-state index is -0.288. The molecule has 4 aliphatic rings. The molecule has 2 atom stereocenters. The largest absolute Gasteiger partial charge is 0.467 e. The molecule has 0 radical (unpaired) electrons. The predicted octanol–water partition coefficient (Wildman–Crippen LogP) is 4.55. The summed E-state index contributed by atoms with van der Waals surface area (Å²) in [6.45, 7) is 0. The summed E-state index contributed by atoms with van der Waals surface area (Å²) in [4.78, 5) is 30.6. The Morgan fingerprint density at radius 1 is 1.09 bits per heavy atom. The zero-order chi connectivity index (χ0) is 22.8. The van der Waals surface area contributed by atoms with Gasteiger partial charge in [-0.05, 0) is 73.2 Å². The molecule has 3 amide bonds. The van der Waals surface area contributed by atoms with Crippen molar-refractivity contribution in [2.45, 2.75) is 44.4 Å². The van der Waals surface area contributed by atoms with E-state index in [2.05, 4.69) is 27.8 Å². The third-order valence-corrected chi connectivity index (χ3v) is 6.99. The Bertz CT molecular complexity index is 1370. The molecule has 2 aromatic carbocycles. The smallest absolute Gasteiger partial charge is 0.325 e. The average Bonchev–Trinajstić information content (AvgIpc) is 3.16. The van der Waals surface area contributed by atoms with Crippen LogP contribution < -0.4 is 20.1 Å². The number of benzene rings is 2. The maximum absolute atomic E-state index is 12.9. The minimum absolute atomic E-state index is 0.0372. The van der Waals surface area contributed by atoms with Crippen molar-refractivity contribution in [3.63, 3.8) is 0 Å². The van der Waals surface area contributed by atoms with Crippen molar-refractivity contribution >= 4 is 23.4 Å². The topological polar surface area (TPSA) is 92.6 Å². The van der Waals surface area contributed by atoms with E-state index in [0.717, 1.165) is 35.4 Å². The van der Waals surface area contributed by atoms with Crippen LogP contribution in [0.1, 0.15) is 41.1 Å². The molecule has 4 heterocycles. The highest BCUT2D eigenvalue weighted by atomic mass is 16.5. The quantitative estimate of drug-likeness (QED) is 0.567. The summed E-state index contributed by atoms with van der Waals surface area (Å²) >= 11 is 0. The van der Waals surface area contributed by atoms with Crippen molar-refractivity contribution in [1.29, 1.82) is 0 Å². The van der Waals surface area contributed by atoms with Crippen molar-refractivity contribution < 1.29 is 19.1 Å². The molecule has 8 heteroatoms. The van der Waals surface area contributed by atoms with E-state index in [1.807, 2.05) is 24.3 Å². The summed E-state index contributed by atoms with van der Waals surface area (Å²) in [5, 5.41) is 5.81. The molecule has 8 nitrogen and oxygen atoms in total. The summed E-state index contributed by atoms with van der Waals surface area (Å²) in [5.41, 5.74) is 5.35. The first-order valence-electron chi connectivity index (χ1n) is 11.6. The highest BCUT2D eigenvalue weighted by Gasteiger charge is 2.59. The lowest BCUT2D eigenvalue weighted by atomic mass is 10.1. The van der Waals surface area contributed by atoms with E-state index < -0.39 is 0 Å². The molecule has 0 saturated carbocycles. The number of carbonyl (C=O) groups is 2. The lowest BCUT2D eigenvalue weighted by molar-refractivity contribution is -0.116. The van der Waals surface area contributed by atoms with Gasteiger partial charge in [-0.3, -0.25) is 9.69 Å². The van der Waals surface area contributed by atoms with Gasteiger partial charge in [-0.25, -0.2) is 9.78 Å². The molecule has 0 bridgehead atoms. The summed E-state index contributed by atoms with van der Waals surface area (Å²) < 4.78 is 12.2. The van der Waals surface area contributed by atoms with Crippen LogP contribution in [0.15, 0.2) is 48.7 Å². The van der Waals surface area contributed by atoms with Crippen LogP contribution in [-0.4, -0.2) is 28.1 Å². The Kier molecular flexibility index (Phi) is 4.12. The van der Waals surface area contributed by atoms with Gasteiger partial charge in [-0.15, -0.1) is 0 Å². The van der Waals surface area contributed by atoms with E-state index in [-0.39, 0.29) is 24.2 Å². The van der Waals surface area contributed by atoms with Gasteiger partial charge < -0.3 is 20.1 Å². The number of nitrogens with one attached hydrogen (secondary N) is 2. The number of aromatic nitrogens is 1. The molecular weight excluding hydrogens is 432 g/mol. The molecule has 1 aromatic heterocycles. The fourth-order valence-electron chi connectivity index (χ4n) is 5.25. The van der Waals surface area contributed by atoms with E-state index >= 15 is 0 Å². The van der Waals surface area contributed by atoms with Gasteiger partial charge in [0.1, 0.15) is 29.1 Å². The highest BCUT2D eigenvalue weighted by molar-refractivity contribution is 5.93. The fourth-order valence-corrected chi connectivity index (χ4v) is 5.25. The lowest BCUT2D eigenvalue weighted by Gasteiger charge is -2.19. The predicted molar refractivity (Wildman–Crippen MR) is 124 cm³/mol. The molecule has 2 unspecified atom stereocenters. The maximum Gasteiger partial charge on any atom is 0.325 e. The second kappa shape index (κ2) is 7.21. The molecule has 1 saturated heterocycles. The number of aryl methyl sites for hydroxylation is 2. The molecule has 170 valence electrons. The van der Waals surface area contributed by atoms with Crippen molar-refractivity contribution in [2.24, 2.45) is 0 Å². The number of rotatable bonds is 3. The highest BCUT2D eigenvalue weighted by Crippen LogP contribution is 2.54.